The standard InChI is InChI=1S/C4H6I3/c1-3(6)4(7)2-5/h3-4H,1-2H2. The molecule has 3 heteroatoms. The van der Waals surface area contributed by atoms with Crippen molar-refractivity contribution >= 4 is 67.8 Å². The lowest BCUT2D eigenvalue weighted by Gasteiger charge is -2.05. The van der Waals surface area contributed by atoms with Crippen LogP contribution in [0.1, 0.15) is 0 Å². The summed E-state index contributed by atoms with van der Waals surface area (Å²) >= 11 is 7.14. The maximum atomic E-state index is 3.88. The van der Waals surface area contributed by atoms with Gasteiger partial charge in [-0.05, 0) is 6.92 Å². The lowest BCUT2D eigenvalue weighted by Crippen LogP contribution is -2.09. The molecule has 0 spiro atoms. The summed E-state index contributed by atoms with van der Waals surface area (Å²) in [5.74, 6) is 0. The summed E-state index contributed by atoms with van der Waals surface area (Å²) in [6.07, 6.45) is 0. The molecule has 0 rings (SSSR count). The fraction of sp³-hybridized carbons (Fsp3) is 0.750. The van der Waals surface area contributed by atoms with Crippen molar-refractivity contribution in [3.8, 4) is 0 Å². The SMILES string of the molecule is [CH2]C(I)C(I)CI. The summed E-state index contributed by atoms with van der Waals surface area (Å²) in [5.41, 5.74) is 0. The van der Waals surface area contributed by atoms with E-state index in [1.807, 2.05) is 0 Å². The lowest BCUT2D eigenvalue weighted by atomic mass is 10.4. The molecule has 0 aromatic heterocycles. The van der Waals surface area contributed by atoms with Crippen LogP contribution in [0.2, 0.25) is 0 Å². The van der Waals surface area contributed by atoms with Crippen molar-refractivity contribution < 1.29 is 0 Å². The molecule has 0 aromatic carbocycles. The molecule has 0 aromatic rings. The number of hydrogen-bond acceptors (Lipinski definition) is 0. The van der Waals surface area contributed by atoms with Gasteiger partial charge in [-0.3, -0.25) is 0 Å². The molecule has 0 aliphatic carbocycles. The molecule has 0 aliphatic heterocycles. The first-order valence-electron chi connectivity index (χ1n) is 1.85. The molecular formula is C4H6I3. The first kappa shape index (κ1) is 9.19. The Morgan fingerprint density at radius 1 is 1.43 bits per heavy atom. The summed E-state index contributed by atoms with van der Waals surface area (Å²) in [7, 11) is 0. The highest BCUT2D eigenvalue weighted by Gasteiger charge is 2.06. The van der Waals surface area contributed by atoms with E-state index in [0.29, 0.717) is 3.92 Å². The smallest absolute Gasteiger partial charge is 0.0317 e. The minimum atomic E-state index is 0.565. The zero-order valence-electron chi connectivity index (χ0n) is 3.70. The van der Waals surface area contributed by atoms with E-state index in [2.05, 4.69) is 74.7 Å². The van der Waals surface area contributed by atoms with Gasteiger partial charge in [0.1, 0.15) is 0 Å². The first-order valence-corrected chi connectivity index (χ1v) is 5.87. The average molecular weight is 435 g/mol. The van der Waals surface area contributed by atoms with Crippen LogP contribution in [0.4, 0.5) is 0 Å². The molecule has 2 unspecified atom stereocenters. The first-order chi connectivity index (χ1) is 3.18. The summed E-state index contributed by atoms with van der Waals surface area (Å²) in [6, 6.07) is 0. The second-order valence-corrected chi connectivity index (χ2v) is 5.27. The summed E-state index contributed by atoms with van der Waals surface area (Å²) in [5, 5.41) is 0. The second-order valence-electron chi connectivity index (χ2n) is 1.19. The topological polar surface area (TPSA) is 0 Å². The third-order valence-electron chi connectivity index (χ3n) is 0.540. The normalized spacial score (nSPS) is 18.9. The van der Waals surface area contributed by atoms with Crippen molar-refractivity contribution in [1.82, 2.24) is 0 Å². The molecule has 0 saturated heterocycles. The molecule has 1 radical (unpaired) electrons. The van der Waals surface area contributed by atoms with Gasteiger partial charge in [-0.25, -0.2) is 0 Å². The van der Waals surface area contributed by atoms with Crippen LogP contribution in [0.15, 0.2) is 0 Å². The van der Waals surface area contributed by atoms with Crippen LogP contribution in [0.3, 0.4) is 0 Å². The molecule has 43 valence electrons. The van der Waals surface area contributed by atoms with E-state index in [1.165, 1.54) is 4.43 Å². The van der Waals surface area contributed by atoms with E-state index in [9.17, 15) is 0 Å². The maximum absolute atomic E-state index is 3.88. The van der Waals surface area contributed by atoms with Crippen LogP contribution in [0.5, 0.6) is 0 Å². The molecule has 0 N–H and O–H groups in total. The van der Waals surface area contributed by atoms with Gasteiger partial charge in [-0.15, -0.1) is 0 Å². The highest BCUT2D eigenvalue weighted by Crippen LogP contribution is 2.15. The van der Waals surface area contributed by atoms with Crippen LogP contribution in [0, 0.1) is 6.92 Å². The van der Waals surface area contributed by atoms with Gasteiger partial charge in [-0.1, -0.05) is 67.8 Å². The summed E-state index contributed by atoms with van der Waals surface area (Å²) < 4.78 is 2.50. The van der Waals surface area contributed by atoms with Crippen LogP contribution < -0.4 is 0 Å². The summed E-state index contributed by atoms with van der Waals surface area (Å²) in [4.78, 5) is 0. The molecule has 0 aliphatic rings. The van der Waals surface area contributed by atoms with Gasteiger partial charge < -0.3 is 0 Å². The van der Waals surface area contributed by atoms with Crippen molar-refractivity contribution in [3.05, 3.63) is 6.92 Å². The van der Waals surface area contributed by atoms with Gasteiger partial charge in [0.25, 0.3) is 0 Å². The Balaban J connectivity index is 3.14. The largest absolute Gasteiger partial charge is 0.0852 e. The maximum Gasteiger partial charge on any atom is 0.0317 e. The van der Waals surface area contributed by atoms with Crippen LogP contribution >= 0.6 is 67.8 Å². The zero-order valence-corrected chi connectivity index (χ0v) is 10.2. The Bertz CT molecular complexity index is 44.2. The molecule has 2 atom stereocenters. The van der Waals surface area contributed by atoms with E-state index < -0.39 is 0 Å². The summed E-state index contributed by atoms with van der Waals surface area (Å²) in [6.45, 7) is 3.88. The van der Waals surface area contributed by atoms with Crippen LogP contribution in [-0.2, 0) is 0 Å². The molecule has 0 amide bonds. The predicted molar refractivity (Wildman–Crippen MR) is 59.9 cm³/mol. The third kappa shape index (κ3) is 4.68. The minimum absolute atomic E-state index is 0.565. The number of hydrogen-bond donors (Lipinski definition) is 0. The van der Waals surface area contributed by atoms with E-state index in [4.69, 9.17) is 0 Å². The molecule has 0 heterocycles. The molecule has 0 bridgehead atoms. The molecule has 0 saturated carbocycles. The van der Waals surface area contributed by atoms with Crippen LogP contribution in [-0.4, -0.2) is 12.3 Å². The number of halogens is 3. The van der Waals surface area contributed by atoms with Crippen LogP contribution in [0.25, 0.3) is 0 Å². The Kier molecular flexibility index (Phi) is 6.58. The van der Waals surface area contributed by atoms with Crippen molar-refractivity contribution in [3.63, 3.8) is 0 Å². The average Bonchev–Trinajstić information content (AvgIpc) is 1.65. The van der Waals surface area contributed by atoms with Crippen molar-refractivity contribution in [2.24, 2.45) is 0 Å². The lowest BCUT2D eigenvalue weighted by molar-refractivity contribution is 1.10. The Morgan fingerprint density at radius 3 is 1.86 bits per heavy atom. The predicted octanol–water partition coefficient (Wildman–Crippen LogP) is 2.86. The third-order valence-corrected chi connectivity index (χ3v) is 6.73. The minimum Gasteiger partial charge on any atom is -0.0852 e. The van der Waals surface area contributed by atoms with E-state index >= 15 is 0 Å². The molecule has 0 nitrogen and oxygen atoms in total. The monoisotopic (exact) mass is 435 g/mol. The Morgan fingerprint density at radius 2 is 1.86 bits per heavy atom. The van der Waals surface area contributed by atoms with E-state index in [1.54, 1.807) is 0 Å². The molecule has 7 heavy (non-hydrogen) atoms. The van der Waals surface area contributed by atoms with Gasteiger partial charge in [0.15, 0.2) is 0 Å². The van der Waals surface area contributed by atoms with E-state index in [-0.39, 0.29) is 0 Å². The van der Waals surface area contributed by atoms with Crippen molar-refractivity contribution in [2.75, 3.05) is 4.43 Å². The fourth-order valence-electron chi connectivity index (χ4n) is 0.0967. The Hall–Kier alpha value is 2.19. The second kappa shape index (κ2) is 5.01. The van der Waals surface area contributed by atoms with Gasteiger partial charge in [-0.2, -0.15) is 0 Å². The highest BCUT2D eigenvalue weighted by atomic mass is 127. The fourth-order valence-corrected chi connectivity index (χ4v) is 1.94. The molecular weight excluding hydrogens is 429 g/mol. The number of rotatable bonds is 2. The quantitative estimate of drug-likeness (QED) is 0.463. The molecule has 0 fully saturated rings. The van der Waals surface area contributed by atoms with Gasteiger partial charge in [0.2, 0.25) is 0 Å². The van der Waals surface area contributed by atoms with Gasteiger partial charge in [0, 0.05) is 12.3 Å². The van der Waals surface area contributed by atoms with Crippen molar-refractivity contribution in [1.29, 1.82) is 0 Å². The highest BCUT2D eigenvalue weighted by molar-refractivity contribution is 14.1. The Labute approximate surface area is 85.6 Å². The van der Waals surface area contributed by atoms with E-state index in [0.717, 1.165) is 3.92 Å². The number of alkyl halides is 3. The van der Waals surface area contributed by atoms with Gasteiger partial charge in [0.05, 0.1) is 0 Å². The van der Waals surface area contributed by atoms with Crippen molar-refractivity contribution in [2.45, 2.75) is 7.85 Å². The zero-order chi connectivity index (χ0) is 5.86. The van der Waals surface area contributed by atoms with Gasteiger partial charge >= 0.3 is 0 Å².